The molecule has 0 aromatic rings. The van der Waals surface area contributed by atoms with Gasteiger partial charge in [0.2, 0.25) is 0 Å². The predicted molar refractivity (Wildman–Crippen MR) is 75.3 cm³/mol. The number of hydrogen-bond donors (Lipinski definition) is 2. The fourth-order valence-corrected chi connectivity index (χ4v) is 2.14. The monoisotopic (exact) mass is 411 g/mol. The zero-order chi connectivity index (χ0) is 14.3. The van der Waals surface area contributed by atoms with Crippen LogP contribution in [0.15, 0.2) is 0 Å². The maximum atomic E-state index is 10.3. The molecule has 1 radical (unpaired) electrons. The molecule has 0 heterocycles. The molecule has 0 aromatic heterocycles. The second kappa shape index (κ2) is 17.2. The van der Waals surface area contributed by atoms with Crippen LogP contribution in [0.1, 0.15) is 83.5 Å². The Morgan fingerprint density at radius 3 is 0.900 bits per heavy atom. The molecular formula is C15H28LaO4. The Morgan fingerprint density at radius 1 is 0.500 bits per heavy atom. The largest absolute Gasteiger partial charge is 0.481 e. The molecule has 0 aliphatic carbocycles. The van der Waals surface area contributed by atoms with Gasteiger partial charge in [-0.1, -0.05) is 57.8 Å². The van der Waals surface area contributed by atoms with Crippen molar-refractivity contribution < 1.29 is 55.4 Å². The first kappa shape index (κ1) is 22.4. The number of carbonyl (C=O) groups is 2. The van der Waals surface area contributed by atoms with Gasteiger partial charge in [-0.3, -0.25) is 9.59 Å². The van der Waals surface area contributed by atoms with Crippen LogP contribution in [0.3, 0.4) is 0 Å². The van der Waals surface area contributed by atoms with Gasteiger partial charge in [0.25, 0.3) is 0 Å². The SMILES string of the molecule is O=C(O)CCCCCCCCCCCCCC(=O)O.[La]. The van der Waals surface area contributed by atoms with E-state index in [1.165, 1.54) is 32.1 Å². The summed E-state index contributed by atoms with van der Waals surface area (Å²) in [6.07, 6.45) is 12.7. The van der Waals surface area contributed by atoms with Crippen molar-refractivity contribution in [1.82, 2.24) is 0 Å². The normalized spacial score (nSPS) is 10.0. The summed E-state index contributed by atoms with van der Waals surface area (Å²) in [5, 5.41) is 16.9. The van der Waals surface area contributed by atoms with E-state index in [2.05, 4.69) is 0 Å². The van der Waals surface area contributed by atoms with Gasteiger partial charge in [-0.05, 0) is 12.8 Å². The third-order valence-corrected chi connectivity index (χ3v) is 3.28. The van der Waals surface area contributed by atoms with Crippen molar-refractivity contribution in [1.29, 1.82) is 0 Å². The van der Waals surface area contributed by atoms with E-state index in [1.807, 2.05) is 0 Å². The van der Waals surface area contributed by atoms with Gasteiger partial charge in [-0.25, -0.2) is 0 Å². The van der Waals surface area contributed by atoms with Crippen LogP contribution in [0.4, 0.5) is 0 Å². The molecule has 0 amide bonds. The molecular weight excluding hydrogens is 383 g/mol. The summed E-state index contributed by atoms with van der Waals surface area (Å²) in [4.78, 5) is 20.6. The zero-order valence-electron chi connectivity index (χ0n) is 12.5. The van der Waals surface area contributed by atoms with Crippen molar-refractivity contribution in [3.63, 3.8) is 0 Å². The van der Waals surface area contributed by atoms with Gasteiger partial charge in [0.1, 0.15) is 0 Å². The van der Waals surface area contributed by atoms with Gasteiger partial charge in [0.05, 0.1) is 0 Å². The number of rotatable bonds is 14. The molecule has 0 atom stereocenters. The van der Waals surface area contributed by atoms with Gasteiger partial charge in [0.15, 0.2) is 0 Å². The minimum absolute atomic E-state index is 0. The molecule has 0 rings (SSSR count). The Bertz CT molecular complexity index is 220. The summed E-state index contributed by atoms with van der Waals surface area (Å²) in [5.41, 5.74) is 0. The molecule has 0 spiro atoms. The van der Waals surface area contributed by atoms with E-state index in [1.54, 1.807) is 0 Å². The van der Waals surface area contributed by atoms with Crippen LogP contribution in [0.2, 0.25) is 0 Å². The van der Waals surface area contributed by atoms with E-state index in [0.717, 1.165) is 38.5 Å². The second-order valence-electron chi connectivity index (χ2n) is 5.18. The predicted octanol–water partition coefficient (Wildman–Crippen LogP) is 4.23. The van der Waals surface area contributed by atoms with Gasteiger partial charge >= 0.3 is 11.9 Å². The third-order valence-electron chi connectivity index (χ3n) is 3.28. The van der Waals surface area contributed by atoms with E-state index in [-0.39, 0.29) is 35.6 Å². The number of aliphatic carboxylic acids is 2. The standard InChI is InChI=1S/C15H28O4.La/c16-14(17)12-10-8-6-4-2-1-3-5-7-9-11-13-15(18)19;/h1-13H2,(H,16,17)(H,18,19);. The molecule has 0 saturated carbocycles. The fraction of sp³-hybridized carbons (Fsp3) is 0.867. The first-order valence-corrected chi connectivity index (χ1v) is 7.56. The minimum Gasteiger partial charge on any atom is -0.481 e. The van der Waals surface area contributed by atoms with Gasteiger partial charge in [-0.15, -0.1) is 0 Å². The van der Waals surface area contributed by atoms with Crippen LogP contribution < -0.4 is 0 Å². The first-order chi connectivity index (χ1) is 9.13. The third kappa shape index (κ3) is 20.5. The minimum atomic E-state index is -0.692. The molecule has 4 nitrogen and oxygen atoms in total. The van der Waals surface area contributed by atoms with Crippen molar-refractivity contribution in [3.05, 3.63) is 0 Å². The van der Waals surface area contributed by atoms with Crippen LogP contribution in [0.25, 0.3) is 0 Å². The average Bonchev–Trinajstić information content (AvgIpc) is 2.34. The molecule has 0 bridgehead atoms. The molecule has 20 heavy (non-hydrogen) atoms. The van der Waals surface area contributed by atoms with Gasteiger partial charge < -0.3 is 10.2 Å². The second-order valence-corrected chi connectivity index (χ2v) is 5.18. The van der Waals surface area contributed by atoms with Crippen LogP contribution in [0, 0.1) is 35.6 Å². The van der Waals surface area contributed by atoms with Crippen molar-refractivity contribution in [2.45, 2.75) is 83.5 Å². The first-order valence-electron chi connectivity index (χ1n) is 7.56. The maximum Gasteiger partial charge on any atom is 0.303 e. The van der Waals surface area contributed by atoms with E-state index >= 15 is 0 Å². The van der Waals surface area contributed by atoms with E-state index in [0.29, 0.717) is 12.8 Å². The summed E-state index contributed by atoms with van der Waals surface area (Å²) in [7, 11) is 0. The number of carboxylic acids is 2. The molecule has 0 aliphatic heterocycles. The molecule has 0 aromatic carbocycles. The molecule has 0 aliphatic rings. The molecule has 0 saturated heterocycles. The Hall–Kier alpha value is 0.135. The van der Waals surface area contributed by atoms with Crippen molar-refractivity contribution >= 4 is 11.9 Å². The Kier molecular flexibility index (Phi) is 19.3. The van der Waals surface area contributed by atoms with Gasteiger partial charge in [-0.2, -0.15) is 0 Å². The molecule has 0 unspecified atom stereocenters. The van der Waals surface area contributed by atoms with Crippen molar-refractivity contribution in [3.8, 4) is 0 Å². The van der Waals surface area contributed by atoms with Crippen molar-refractivity contribution in [2.24, 2.45) is 0 Å². The maximum absolute atomic E-state index is 10.3. The topological polar surface area (TPSA) is 74.6 Å². The zero-order valence-corrected chi connectivity index (χ0v) is 16.1. The fourth-order valence-electron chi connectivity index (χ4n) is 2.14. The molecule has 5 heteroatoms. The number of hydrogen-bond acceptors (Lipinski definition) is 2. The van der Waals surface area contributed by atoms with E-state index < -0.39 is 11.9 Å². The van der Waals surface area contributed by atoms with Crippen LogP contribution in [-0.4, -0.2) is 22.2 Å². The van der Waals surface area contributed by atoms with Crippen LogP contribution in [-0.2, 0) is 9.59 Å². The van der Waals surface area contributed by atoms with E-state index in [4.69, 9.17) is 10.2 Å². The van der Waals surface area contributed by atoms with Crippen molar-refractivity contribution in [2.75, 3.05) is 0 Å². The Labute approximate surface area is 150 Å². The summed E-state index contributed by atoms with van der Waals surface area (Å²) in [6, 6.07) is 0. The summed E-state index contributed by atoms with van der Waals surface area (Å²) in [5.74, 6) is -1.38. The summed E-state index contributed by atoms with van der Waals surface area (Å²) < 4.78 is 0. The molecule has 115 valence electrons. The Balaban J connectivity index is 0. The van der Waals surface area contributed by atoms with Crippen LogP contribution >= 0.6 is 0 Å². The molecule has 2 N–H and O–H groups in total. The number of unbranched alkanes of at least 4 members (excludes halogenated alkanes) is 10. The average molecular weight is 411 g/mol. The van der Waals surface area contributed by atoms with Gasteiger partial charge in [0, 0.05) is 48.4 Å². The molecule has 0 fully saturated rings. The number of carboxylic acid groups (broad SMARTS) is 2. The van der Waals surface area contributed by atoms with Crippen LogP contribution in [0.5, 0.6) is 0 Å². The quantitative estimate of drug-likeness (QED) is 0.420. The smallest absolute Gasteiger partial charge is 0.303 e. The summed E-state index contributed by atoms with van der Waals surface area (Å²) >= 11 is 0. The van der Waals surface area contributed by atoms with E-state index in [9.17, 15) is 9.59 Å². The summed E-state index contributed by atoms with van der Waals surface area (Å²) in [6.45, 7) is 0. The Morgan fingerprint density at radius 2 is 0.700 bits per heavy atom.